The predicted molar refractivity (Wildman–Crippen MR) is 127 cm³/mol. The molecule has 0 unspecified atom stereocenters. The van der Waals surface area contributed by atoms with Crippen LogP contribution in [0.15, 0.2) is 88.9 Å². The SMILES string of the molecule is Cc1ccc(S(=O)(=O)N(CCc2ccccc2)CC(=O)N/N=C/c2ccccc2Cl)cc1. The van der Waals surface area contributed by atoms with Crippen LogP contribution in [0.5, 0.6) is 0 Å². The number of hydrogen-bond donors (Lipinski definition) is 1. The van der Waals surface area contributed by atoms with Crippen molar-refractivity contribution in [3.8, 4) is 0 Å². The molecule has 3 aromatic rings. The number of benzene rings is 3. The fraction of sp³-hybridized carbons (Fsp3) is 0.167. The highest BCUT2D eigenvalue weighted by molar-refractivity contribution is 7.89. The maximum absolute atomic E-state index is 13.2. The molecule has 0 heterocycles. The Morgan fingerprint density at radius 3 is 2.34 bits per heavy atom. The van der Waals surface area contributed by atoms with Crippen molar-refractivity contribution in [2.24, 2.45) is 5.10 Å². The highest BCUT2D eigenvalue weighted by atomic mass is 35.5. The van der Waals surface area contributed by atoms with Gasteiger partial charge in [0.2, 0.25) is 10.0 Å². The standard InChI is InChI=1S/C24H24ClN3O3S/c1-19-11-13-22(14-12-19)32(30,31)28(16-15-20-7-3-2-4-8-20)18-24(29)27-26-17-21-9-5-6-10-23(21)25/h2-14,17H,15-16,18H2,1H3,(H,27,29)/b26-17+. The minimum atomic E-state index is -3.87. The van der Waals surface area contributed by atoms with Gasteiger partial charge in [0, 0.05) is 17.1 Å². The Morgan fingerprint density at radius 2 is 1.66 bits per heavy atom. The molecule has 0 atom stereocenters. The third-order valence-electron chi connectivity index (χ3n) is 4.77. The zero-order chi connectivity index (χ0) is 23.0. The second-order valence-corrected chi connectivity index (χ2v) is 9.55. The number of halogens is 1. The number of nitrogens with one attached hydrogen (secondary N) is 1. The molecule has 0 aromatic heterocycles. The topological polar surface area (TPSA) is 78.8 Å². The first-order valence-electron chi connectivity index (χ1n) is 10.0. The number of hydrogen-bond acceptors (Lipinski definition) is 4. The van der Waals surface area contributed by atoms with Crippen molar-refractivity contribution in [2.75, 3.05) is 13.1 Å². The number of carbonyl (C=O) groups excluding carboxylic acids is 1. The van der Waals surface area contributed by atoms with E-state index < -0.39 is 15.9 Å². The first-order chi connectivity index (χ1) is 15.4. The van der Waals surface area contributed by atoms with Gasteiger partial charge in [-0.3, -0.25) is 4.79 Å². The zero-order valence-electron chi connectivity index (χ0n) is 17.6. The molecule has 0 saturated carbocycles. The summed E-state index contributed by atoms with van der Waals surface area (Å²) < 4.78 is 27.6. The molecule has 0 bridgehead atoms. The van der Waals surface area contributed by atoms with Crippen LogP contribution < -0.4 is 5.43 Å². The Labute approximate surface area is 193 Å². The summed E-state index contributed by atoms with van der Waals surface area (Å²) in [6, 6.07) is 23.1. The molecule has 0 aliphatic heterocycles. The highest BCUT2D eigenvalue weighted by Crippen LogP contribution is 2.17. The number of hydrazone groups is 1. The minimum Gasteiger partial charge on any atom is -0.272 e. The molecule has 3 rings (SSSR count). The van der Waals surface area contributed by atoms with Gasteiger partial charge in [-0.15, -0.1) is 0 Å². The van der Waals surface area contributed by atoms with Gasteiger partial charge in [0.1, 0.15) is 0 Å². The molecule has 0 fully saturated rings. The van der Waals surface area contributed by atoms with E-state index in [0.717, 1.165) is 11.1 Å². The third-order valence-corrected chi connectivity index (χ3v) is 6.97. The third kappa shape index (κ3) is 6.50. The van der Waals surface area contributed by atoms with E-state index in [1.54, 1.807) is 48.5 Å². The molecule has 1 amide bonds. The number of aryl methyl sites for hydroxylation is 1. The van der Waals surface area contributed by atoms with E-state index in [-0.39, 0.29) is 18.0 Å². The van der Waals surface area contributed by atoms with Crippen LogP contribution in [0, 0.1) is 6.92 Å². The summed E-state index contributed by atoms with van der Waals surface area (Å²) in [5, 5.41) is 4.41. The lowest BCUT2D eigenvalue weighted by Crippen LogP contribution is -2.40. The first-order valence-corrected chi connectivity index (χ1v) is 11.9. The van der Waals surface area contributed by atoms with Gasteiger partial charge < -0.3 is 0 Å². The van der Waals surface area contributed by atoms with Crippen LogP contribution in [0.1, 0.15) is 16.7 Å². The summed E-state index contributed by atoms with van der Waals surface area (Å²) in [4.78, 5) is 12.7. The molecule has 1 N–H and O–H groups in total. The molecule has 3 aromatic carbocycles. The molecule has 8 heteroatoms. The van der Waals surface area contributed by atoms with Crippen molar-refractivity contribution in [3.63, 3.8) is 0 Å². The lowest BCUT2D eigenvalue weighted by atomic mass is 10.1. The van der Waals surface area contributed by atoms with Crippen LogP contribution >= 0.6 is 11.6 Å². The van der Waals surface area contributed by atoms with Gasteiger partial charge in [-0.25, -0.2) is 13.8 Å². The monoisotopic (exact) mass is 469 g/mol. The maximum atomic E-state index is 13.2. The molecule has 0 aliphatic carbocycles. The summed E-state index contributed by atoms with van der Waals surface area (Å²) in [5.41, 5.74) is 4.96. The van der Waals surface area contributed by atoms with Crippen molar-refractivity contribution in [1.82, 2.24) is 9.73 Å². The molecule has 0 radical (unpaired) electrons. The summed E-state index contributed by atoms with van der Waals surface area (Å²) in [5.74, 6) is -0.544. The predicted octanol–water partition coefficient (Wildman–Crippen LogP) is 4.03. The second kappa shape index (κ2) is 11.0. The van der Waals surface area contributed by atoms with Crippen molar-refractivity contribution in [1.29, 1.82) is 0 Å². The summed E-state index contributed by atoms with van der Waals surface area (Å²) in [6.45, 7) is 1.68. The first kappa shape index (κ1) is 23.7. The average Bonchev–Trinajstić information content (AvgIpc) is 2.79. The molecule has 0 saturated heterocycles. The number of amides is 1. The van der Waals surface area contributed by atoms with Gasteiger partial charge in [-0.1, -0.05) is 77.8 Å². The fourth-order valence-electron chi connectivity index (χ4n) is 2.99. The molecule has 6 nitrogen and oxygen atoms in total. The van der Waals surface area contributed by atoms with E-state index in [9.17, 15) is 13.2 Å². The summed E-state index contributed by atoms with van der Waals surface area (Å²) in [7, 11) is -3.87. The molecule has 0 aliphatic rings. The molecule has 166 valence electrons. The van der Waals surface area contributed by atoms with Gasteiger partial charge >= 0.3 is 0 Å². The Bertz CT molecular complexity index is 1180. The number of rotatable bonds is 9. The Morgan fingerprint density at radius 1 is 1.00 bits per heavy atom. The number of sulfonamides is 1. The number of nitrogens with zero attached hydrogens (tertiary/aromatic N) is 2. The second-order valence-electron chi connectivity index (χ2n) is 7.20. The number of carbonyl (C=O) groups is 1. The van der Waals surface area contributed by atoms with Crippen molar-refractivity contribution in [3.05, 3.63) is 101 Å². The minimum absolute atomic E-state index is 0.142. The van der Waals surface area contributed by atoms with Crippen molar-refractivity contribution >= 4 is 33.7 Å². The zero-order valence-corrected chi connectivity index (χ0v) is 19.2. The lowest BCUT2D eigenvalue weighted by molar-refractivity contribution is -0.121. The van der Waals surface area contributed by atoms with Crippen LogP contribution in [-0.4, -0.2) is 37.9 Å². The lowest BCUT2D eigenvalue weighted by Gasteiger charge is -2.21. The van der Waals surface area contributed by atoms with E-state index in [4.69, 9.17) is 11.6 Å². The van der Waals surface area contributed by atoms with E-state index in [1.165, 1.54) is 10.5 Å². The summed E-state index contributed by atoms with van der Waals surface area (Å²) >= 11 is 6.07. The van der Waals surface area contributed by atoms with Crippen LogP contribution in [-0.2, 0) is 21.2 Å². The van der Waals surface area contributed by atoms with Gasteiger partial charge in [0.25, 0.3) is 5.91 Å². The fourth-order valence-corrected chi connectivity index (χ4v) is 4.57. The van der Waals surface area contributed by atoms with Gasteiger partial charge in [0.05, 0.1) is 17.7 Å². The van der Waals surface area contributed by atoms with Crippen LogP contribution in [0.2, 0.25) is 5.02 Å². The maximum Gasteiger partial charge on any atom is 0.255 e. The molecule has 32 heavy (non-hydrogen) atoms. The van der Waals surface area contributed by atoms with E-state index in [1.807, 2.05) is 37.3 Å². The van der Waals surface area contributed by atoms with Gasteiger partial charge in [-0.05, 0) is 37.1 Å². The average molecular weight is 470 g/mol. The van der Waals surface area contributed by atoms with E-state index >= 15 is 0 Å². The van der Waals surface area contributed by atoms with Gasteiger partial charge in [-0.2, -0.15) is 9.41 Å². The smallest absolute Gasteiger partial charge is 0.255 e. The van der Waals surface area contributed by atoms with E-state index in [0.29, 0.717) is 17.0 Å². The molecule has 0 spiro atoms. The molecular weight excluding hydrogens is 446 g/mol. The Hall–Kier alpha value is -3.00. The Balaban J connectivity index is 1.74. The summed E-state index contributed by atoms with van der Waals surface area (Å²) in [6.07, 6.45) is 1.89. The van der Waals surface area contributed by atoms with Crippen LogP contribution in [0.3, 0.4) is 0 Å². The quantitative estimate of drug-likeness (QED) is 0.379. The largest absolute Gasteiger partial charge is 0.272 e. The van der Waals surface area contributed by atoms with Crippen LogP contribution in [0.25, 0.3) is 0 Å². The Kier molecular flexibility index (Phi) is 8.16. The van der Waals surface area contributed by atoms with Crippen molar-refractivity contribution < 1.29 is 13.2 Å². The highest BCUT2D eigenvalue weighted by Gasteiger charge is 2.26. The normalized spacial score (nSPS) is 11.7. The molecular formula is C24H24ClN3O3S. The van der Waals surface area contributed by atoms with E-state index in [2.05, 4.69) is 10.5 Å². The van der Waals surface area contributed by atoms with Crippen LogP contribution in [0.4, 0.5) is 0 Å². The van der Waals surface area contributed by atoms with Gasteiger partial charge in [0.15, 0.2) is 0 Å². The van der Waals surface area contributed by atoms with Crippen molar-refractivity contribution in [2.45, 2.75) is 18.2 Å².